The number of hydrogen-bond acceptors (Lipinski definition) is 3. The van der Waals surface area contributed by atoms with E-state index in [9.17, 15) is 0 Å². The van der Waals surface area contributed by atoms with Gasteiger partial charge in [-0.3, -0.25) is 0 Å². The summed E-state index contributed by atoms with van der Waals surface area (Å²) in [5.41, 5.74) is 2.55. The number of anilines is 1. The molecule has 3 N–H and O–H groups in total. The van der Waals surface area contributed by atoms with Crippen LogP contribution in [0.5, 0.6) is 0 Å². The van der Waals surface area contributed by atoms with E-state index in [1.165, 1.54) is 11.3 Å². The lowest BCUT2D eigenvalue weighted by molar-refractivity contribution is 0.295. The van der Waals surface area contributed by atoms with Gasteiger partial charge < -0.3 is 16.0 Å². The van der Waals surface area contributed by atoms with Gasteiger partial charge in [-0.05, 0) is 49.5 Å². The molecule has 0 bridgehead atoms. The van der Waals surface area contributed by atoms with Crippen molar-refractivity contribution in [3.8, 4) is 0 Å². The highest BCUT2D eigenvalue weighted by atomic mass is 14.9. The molecule has 0 aliphatic carbocycles. The Kier molecular flexibility index (Phi) is 17.2. The van der Waals surface area contributed by atoms with Gasteiger partial charge in [0.2, 0.25) is 0 Å². The maximum atomic E-state index is 3.58. The highest BCUT2D eigenvalue weighted by molar-refractivity contribution is 5.43. The first kappa shape index (κ1) is 26.2. The minimum atomic E-state index is 0.602. The van der Waals surface area contributed by atoms with E-state index in [0.29, 0.717) is 12.1 Å². The normalized spacial score (nSPS) is 10.5. The largest absolute Gasteiger partial charge is 0.388 e. The Morgan fingerprint density at radius 3 is 1.56 bits per heavy atom. The van der Waals surface area contributed by atoms with E-state index in [-0.39, 0.29) is 0 Å². The second-order valence-corrected chi connectivity index (χ2v) is 7.14. The van der Waals surface area contributed by atoms with Crippen LogP contribution < -0.4 is 16.0 Å². The number of rotatable bonds is 8. The van der Waals surface area contributed by atoms with Gasteiger partial charge in [-0.2, -0.15) is 0 Å². The first-order valence-electron chi connectivity index (χ1n) is 9.99. The predicted molar refractivity (Wildman–Crippen MR) is 117 cm³/mol. The van der Waals surface area contributed by atoms with E-state index in [1.54, 1.807) is 0 Å². The van der Waals surface area contributed by atoms with Gasteiger partial charge in [-0.15, -0.1) is 0 Å². The van der Waals surface area contributed by atoms with Crippen LogP contribution in [-0.4, -0.2) is 32.7 Å². The molecule has 0 amide bonds. The predicted octanol–water partition coefficient (Wildman–Crippen LogP) is 5.18. The summed E-state index contributed by atoms with van der Waals surface area (Å²) in [5, 5.41) is 9.80. The molecule has 148 valence electrons. The third-order valence-corrected chi connectivity index (χ3v) is 3.87. The molecule has 0 fully saturated rings. The van der Waals surface area contributed by atoms with Crippen LogP contribution >= 0.6 is 0 Å². The lowest BCUT2D eigenvalue weighted by Gasteiger charge is -2.28. The summed E-state index contributed by atoms with van der Waals surface area (Å²) >= 11 is 0. The van der Waals surface area contributed by atoms with E-state index in [0.717, 1.165) is 24.8 Å². The highest BCUT2D eigenvalue weighted by Crippen LogP contribution is 2.12. The summed E-state index contributed by atoms with van der Waals surface area (Å²) in [4.78, 5) is 0. The third kappa shape index (κ3) is 13.9. The number of benzene rings is 1. The fraction of sp³-hybridized carbons (Fsp3) is 0.727. The van der Waals surface area contributed by atoms with Crippen LogP contribution in [0, 0.1) is 11.8 Å². The van der Waals surface area contributed by atoms with E-state index in [1.807, 2.05) is 27.9 Å². The summed E-state index contributed by atoms with van der Waals surface area (Å²) in [6.45, 7) is 18.6. The number of hydrogen-bond donors (Lipinski definition) is 3. The Balaban J connectivity index is 0. The summed E-state index contributed by atoms with van der Waals surface area (Å²) in [6.07, 6.45) is 1.10. The molecular formula is C22H45N3. The molecule has 0 heterocycles. The van der Waals surface area contributed by atoms with Gasteiger partial charge in [0.1, 0.15) is 0 Å². The second-order valence-electron chi connectivity index (χ2n) is 7.14. The lowest BCUT2D eigenvalue weighted by Crippen LogP contribution is -2.42. The van der Waals surface area contributed by atoms with Crippen molar-refractivity contribution in [3.63, 3.8) is 0 Å². The standard InChI is InChI=1S/C10H16N2.C10H23N.C2H6/c1-11-8-7-9-3-5-10(12-2)6-4-9;1-7(2)10(8(3)4)11-9(5)6;1-2/h3-6,11-12H,7-8H2,1-2H3;7-11H,1-6H3;1-2H3. The molecule has 25 heavy (non-hydrogen) atoms. The van der Waals surface area contributed by atoms with Gasteiger partial charge in [0.15, 0.2) is 0 Å². The molecule has 1 aromatic rings. The number of nitrogens with one attached hydrogen (secondary N) is 3. The Morgan fingerprint density at radius 1 is 0.800 bits per heavy atom. The minimum absolute atomic E-state index is 0.602. The smallest absolute Gasteiger partial charge is 0.0337 e. The first-order chi connectivity index (χ1) is 11.8. The van der Waals surface area contributed by atoms with Crippen LogP contribution in [0.3, 0.4) is 0 Å². The Labute approximate surface area is 158 Å². The lowest BCUT2D eigenvalue weighted by atomic mass is 9.93. The molecule has 0 atom stereocenters. The van der Waals surface area contributed by atoms with Crippen LogP contribution in [0.2, 0.25) is 0 Å². The molecule has 3 nitrogen and oxygen atoms in total. The topological polar surface area (TPSA) is 36.1 Å². The second kappa shape index (κ2) is 16.4. The fourth-order valence-electron chi connectivity index (χ4n) is 2.65. The van der Waals surface area contributed by atoms with Crippen LogP contribution in [0.1, 0.15) is 61.0 Å². The van der Waals surface area contributed by atoms with E-state index in [2.05, 4.69) is 81.8 Å². The van der Waals surface area contributed by atoms with Crippen molar-refractivity contribution in [1.29, 1.82) is 0 Å². The van der Waals surface area contributed by atoms with E-state index >= 15 is 0 Å². The maximum absolute atomic E-state index is 3.58. The van der Waals surface area contributed by atoms with Crippen LogP contribution in [0.25, 0.3) is 0 Å². The van der Waals surface area contributed by atoms with Crippen LogP contribution in [0.4, 0.5) is 5.69 Å². The van der Waals surface area contributed by atoms with E-state index < -0.39 is 0 Å². The van der Waals surface area contributed by atoms with Gasteiger partial charge in [-0.1, -0.05) is 67.5 Å². The zero-order valence-corrected chi connectivity index (χ0v) is 18.5. The van der Waals surface area contributed by atoms with Crippen molar-refractivity contribution in [1.82, 2.24) is 10.6 Å². The Hall–Kier alpha value is -1.06. The summed E-state index contributed by atoms with van der Waals surface area (Å²) in [5.74, 6) is 1.47. The molecule has 0 aliphatic rings. The Bertz CT molecular complexity index is 375. The van der Waals surface area contributed by atoms with Crippen LogP contribution in [0.15, 0.2) is 24.3 Å². The Morgan fingerprint density at radius 2 is 1.28 bits per heavy atom. The van der Waals surface area contributed by atoms with Gasteiger partial charge in [-0.25, -0.2) is 0 Å². The molecule has 0 radical (unpaired) electrons. The van der Waals surface area contributed by atoms with Gasteiger partial charge in [0.05, 0.1) is 0 Å². The minimum Gasteiger partial charge on any atom is -0.388 e. The maximum Gasteiger partial charge on any atom is 0.0337 e. The van der Waals surface area contributed by atoms with E-state index in [4.69, 9.17) is 0 Å². The van der Waals surface area contributed by atoms with Gasteiger partial charge >= 0.3 is 0 Å². The molecular weight excluding hydrogens is 306 g/mol. The molecule has 0 saturated heterocycles. The van der Waals surface area contributed by atoms with Crippen molar-refractivity contribution < 1.29 is 0 Å². The zero-order chi connectivity index (χ0) is 19.8. The van der Waals surface area contributed by atoms with Crippen molar-refractivity contribution in [2.24, 2.45) is 11.8 Å². The summed E-state index contributed by atoms with van der Waals surface area (Å²) < 4.78 is 0. The average Bonchev–Trinajstić information content (AvgIpc) is 2.60. The summed E-state index contributed by atoms with van der Waals surface area (Å²) in [6, 6.07) is 9.78. The third-order valence-electron chi connectivity index (χ3n) is 3.87. The monoisotopic (exact) mass is 351 g/mol. The van der Waals surface area contributed by atoms with Gasteiger partial charge in [0, 0.05) is 24.8 Å². The van der Waals surface area contributed by atoms with Crippen molar-refractivity contribution in [3.05, 3.63) is 29.8 Å². The molecule has 0 unspecified atom stereocenters. The first-order valence-corrected chi connectivity index (χ1v) is 9.99. The highest BCUT2D eigenvalue weighted by Gasteiger charge is 2.17. The van der Waals surface area contributed by atoms with Crippen molar-refractivity contribution >= 4 is 5.69 Å². The molecule has 3 heteroatoms. The quantitative estimate of drug-likeness (QED) is 0.604. The summed E-state index contributed by atoms with van der Waals surface area (Å²) in [7, 11) is 3.91. The SMILES string of the molecule is CC.CC(C)NC(C(C)C)C(C)C.CNCCc1ccc(NC)cc1. The van der Waals surface area contributed by atoms with Crippen LogP contribution in [-0.2, 0) is 6.42 Å². The molecule has 1 aromatic carbocycles. The fourth-order valence-corrected chi connectivity index (χ4v) is 2.65. The van der Waals surface area contributed by atoms with Crippen molar-refractivity contribution in [2.45, 2.75) is 73.9 Å². The van der Waals surface area contributed by atoms with Crippen molar-refractivity contribution in [2.75, 3.05) is 26.0 Å². The molecule has 0 aromatic heterocycles. The molecule has 0 spiro atoms. The molecule has 0 aliphatic heterocycles. The number of likely N-dealkylation sites (N-methyl/N-ethyl adjacent to an activating group) is 1. The molecule has 1 rings (SSSR count). The molecule has 0 saturated carbocycles. The zero-order valence-electron chi connectivity index (χ0n) is 18.5. The van der Waals surface area contributed by atoms with Gasteiger partial charge in [0.25, 0.3) is 0 Å². The average molecular weight is 352 g/mol.